The molecule has 0 unspecified atom stereocenters. The molecule has 0 bridgehead atoms. The van der Waals surface area contributed by atoms with Gasteiger partial charge in [0.2, 0.25) is 0 Å². The van der Waals surface area contributed by atoms with Crippen LogP contribution in [0.15, 0.2) is 26.2 Å². The Morgan fingerprint density at radius 1 is 1.73 bits per heavy atom. The number of hydrazine groups is 1. The quantitative estimate of drug-likeness (QED) is 0.318. The monoisotopic (exact) mass is 217 g/mol. The van der Waals surface area contributed by atoms with Gasteiger partial charge in [0.1, 0.15) is 0 Å². The van der Waals surface area contributed by atoms with Crippen LogP contribution in [-0.4, -0.2) is 12.9 Å². The van der Waals surface area contributed by atoms with Gasteiger partial charge in [-0.2, -0.15) is 0 Å². The molecule has 0 saturated carbocycles. The molecular formula is C6H8BrN3O. The number of nitrogens with one attached hydrogen (secondary N) is 1. The van der Waals surface area contributed by atoms with Crippen LogP contribution in [0.3, 0.4) is 0 Å². The van der Waals surface area contributed by atoms with Gasteiger partial charge in [-0.25, -0.2) is 5.84 Å². The Morgan fingerprint density at radius 2 is 2.45 bits per heavy atom. The highest BCUT2D eigenvalue weighted by Gasteiger charge is 2.04. The van der Waals surface area contributed by atoms with Crippen molar-refractivity contribution in [1.29, 1.82) is 0 Å². The van der Waals surface area contributed by atoms with E-state index in [4.69, 9.17) is 10.3 Å². The summed E-state index contributed by atoms with van der Waals surface area (Å²) in [5.74, 6) is 6.31. The van der Waals surface area contributed by atoms with E-state index in [0.29, 0.717) is 16.3 Å². The molecule has 0 aromatic carbocycles. The summed E-state index contributed by atoms with van der Waals surface area (Å²) in [5, 5.41) is 0. The fourth-order valence-corrected chi connectivity index (χ4v) is 0.994. The predicted octanol–water partition coefficient (Wildman–Crippen LogP) is 0.882. The molecule has 0 aliphatic rings. The van der Waals surface area contributed by atoms with Crippen LogP contribution < -0.4 is 11.3 Å². The van der Waals surface area contributed by atoms with Crippen molar-refractivity contribution in [3.05, 3.63) is 22.6 Å². The van der Waals surface area contributed by atoms with Crippen molar-refractivity contribution >= 4 is 21.8 Å². The molecular weight excluding hydrogens is 210 g/mol. The van der Waals surface area contributed by atoms with Gasteiger partial charge in [0.15, 0.2) is 16.3 Å². The molecule has 4 nitrogen and oxygen atoms in total. The number of amidine groups is 1. The lowest BCUT2D eigenvalue weighted by atomic mass is 10.4. The first-order valence-corrected chi connectivity index (χ1v) is 3.76. The Balaban J connectivity index is 2.91. The number of halogens is 1. The van der Waals surface area contributed by atoms with Crippen LogP contribution in [0.5, 0.6) is 0 Å². The van der Waals surface area contributed by atoms with Crippen molar-refractivity contribution in [2.75, 3.05) is 7.05 Å². The molecule has 1 rings (SSSR count). The molecule has 1 heterocycles. The van der Waals surface area contributed by atoms with Crippen molar-refractivity contribution < 1.29 is 4.42 Å². The molecule has 3 N–H and O–H groups in total. The first-order valence-electron chi connectivity index (χ1n) is 2.97. The van der Waals surface area contributed by atoms with E-state index in [1.165, 1.54) is 0 Å². The van der Waals surface area contributed by atoms with Crippen molar-refractivity contribution in [2.45, 2.75) is 0 Å². The summed E-state index contributed by atoms with van der Waals surface area (Å²) in [4.78, 5) is 3.86. The summed E-state index contributed by atoms with van der Waals surface area (Å²) in [6.07, 6.45) is 0. The maximum absolute atomic E-state index is 5.17. The number of rotatable bonds is 1. The van der Waals surface area contributed by atoms with E-state index >= 15 is 0 Å². The first-order chi connectivity index (χ1) is 5.27. The van der Waals surface area contributed by atoms with Crippen molar-refractivity contribution in [3.8, 4) is 0 Å². The highest BCUT2D eigenvalue weighted by molar-refractivity contribution is 9.10. The molecule has 5 heteroatoms. The zero-order chi connectivity index (χ0) is 8.27. The Labute approximate surface area is 72.6 Å². The molecule has 1 aromatic heterocycles. The Morgan fingerprint density at radius 3 is 2.82 bits per heavy atom. The lowest BCUT2D eigenvalue weighted by Gasteiger charge is -1.97. The molecule has 11 heavy (non-hydrogen) atoms. The van der Waals surface area contributed by atoms with Gasteiger partial charge in [-0.15, -0.1) is 0 Å². The standard InChI is InChI=1S/C6H8BrN3O/c1-9-6(10-8)4-2-3-5(7)11-4/h2-3H,8H2,1H3,(H,9,10). The van der Waals surface area contributed by atoms with Crippen LogP contribution in [0.2, 0.25) is 0 Å². The van der Waals surface area contributed by atoms with Crippen molar-refractivity contribution in [1.82, 2.24) is 5.43 Å². The number of nitrogens with two attached hydrogens (primary N) is 1. The SMILES string of the molecule is CN=C(NN)c1ccc(Br)o1. The average molecular weight is 218 g/mol. The molecule has 0 amide bonds. The van der Waals surface area contributed by atoms with Crippen LogP contribution in [0, 0.1) is 0 Å². The van der Waals surface area contributed by atoms with Crippen LogP contribution >= 0.6 is 15.9 Å². The molecule has 0 spiro atoms. The molecule has 0 atom stereocenters. The van der Waals surface area contributed by atoms with Gasteiger partial charge in [-0.1, -0.05) is 0 Å². The number of aliphatic imine (C=N–C) groups is 1. The first kappa shape index (κ1) is 8.29. The minimum atomic E-state index is 0.524. The van der Waals surface area contributed by atoms with E-state index in [1.54, 1.807) is 19.2 Å². The second-order valence-corrected chi connectivity index (χ2v) is 2.60. The third-order valence-electron chi connectivity index (χ3n) is 1.17. The van der Waals surface area contributed by atoms with Crippen LogP contribution in [0.25, 0.3) is 0 Å². The zero-order valence-electron chi connectivity index (χ0n) is 5.97. The highest BCUT2D eigenvalue weighted by Crippen LogP contribution is 2.13. The summed E-state index contributed by atoms with van der Waals surface area (Å²) in [6, 6.07) is 3.55. The number of hydrogen-bond acceptors (Lipinski definition) is 3. The van der Waals surface area contributed by atoms with Crippen LogP contribution in [0.4, 0.5) is 0 Å². The van der Waals surface area contributed by atoms with E-state index in [2.05, 4.69) is 26.3 Å². The van der Waals surface area contributed by atoms with Crippen molar-refractivity contribution in [3.63, 3.8) is 0 Å². The fourth-order valence-electron chi connectivity index (χ4n) is 0.687. The molecule has 0 fully saturated rings. The van der Waals surface area contributed by atoms with E-state index in [0.717, 1.165) is 0 Å². The van der Waals surface area contributed by atoms with Gasteiger partial charge in [0.25, 0.3) is 0 Å². The third kappa shape index (κ3) is 1.81. The average Bonchev–Trinajstić information content (AvgIpc) is 2.39. The largest absolute Gasteiger partial charge is 0.446 e. The second-order valence-electron chi connectivity index (χ2n) is 1.82. The van der Waals surface area contributed by atoms with Gasteiger partial charge in [-0.05, 0) is 28.1 Å². The van der Waals surface area contributed by atoms with Crippen molar-refractivity contribution in [2.24, 2.45) is 10.8 Å². The van der Waals surface area contributed by atoms with Gasteiger partial charge in [0.05, 0.1) is 0 Å². The lowest BCUT2D eigenvalue weighted by molar-refractivity contribution is 0.528. The smallest absolute Gasteiger partial charge is 0.178 e. The molecule has 0 radical (unpaired) electrons. The maximum atomic E-state index is 5.17. The normalized spacial score (nSPS) is 11.7. The topological polar surface area (TPSA) is 63.5 Å². The fraction of sp³-hybridized carbons (Fsp3) is 0.167. The van der Waals surface area contributed by atoms with Crippen LogP contribution in [0.1, 0.15) is 5.76 Å². The molecule has 0 aliphatic heterocycles. The summed E-state index contributed by atoms with van der Waals surface area (Å²) in [6.45, 7) is 0. The summed E-state index contributed by atoms with van der Waals surface area (Å²) < 4.78 is 5.83. The van der Waals surface area contributed by atoms with Gasteiger partial charge < -0.3 is 9.84 Å². The summed E-state index contributed by atoms with van der Waals surface area (Å²) >= 11 is 3.17. The van der Waals surface area contributed by atoms with E-state index in [9.17, 15) is 0 Å². The minimum absolute atomic E-state index is 0.524. The Kier molecular flexibility index (Phi) is 2.67. The second kappa shape index (κ2) is 3.54. The minimum Gasteiger partial charge on any atom is -0.446 e. The molecule has 60 valence electrons. The predicted molar refractivity (Wildman–Crippen MR) is 46.2 cm³/mol. The van der Waals surface area contributed by atoms with E-state index in [1.807, 2.05) is 0 Å². The van der Waals surface area contributed by atoms with Gasteiger partial charge in [-0.3, -0.25) is 4.99 Å². The Bertz CT molecular complexity index is 269. The van der Waals surface area contributed by atoms with Gasteiger partial charge >= 0.3 is 0 Å². The summed E-state index contributed by atoms with van der Waals surface area (Å²) in [5.41, 5.74) is 2.42. The molecule has 1 aromatic rings. The van der Waals surface area contributed by atoms with E-state index in [-0.39, 0.29) is 0 Å². The van der Waals surface area contributed by atoms with E-state index < -0.39 is 0 Å². The van der Waals surface area contributed by atoms with Crippen LogP contribution in [-0.2, 0) is 0 Å². The maximum Gasteiger partial charge on any atom is 0.178 e. The number of nitrogens with zero attached hydrogens (tertiary/aromatic N) is 1. The zero-order valence-corrected chi connectivity index (χ0v) is 7.55. The van der Waals surface area contributed by atoms with Gasteiger partial charge in [0, 0.05) is 7.05 Å². The summed E-state index contributed by atoms with van der Waals surface area (Å²) in [7, 11) is 1.63. The highest BCUT2D eigenvalue weighted by atomic mass is 79.9. The number of furan rings is 1. The Hall–Kier alpha value is -0.810. The molecule has 0 saturated heterocycles. The number of hydrogen-bond donors (Lipinski definition) is 2. The third-order valence-corrected chi connectivity index (χ3v) is 1.59. The molecule has 0 aliphatic carbocycles. The lowest BCUT2D eigenvalue weighted by Crippen LogP contribution is -2.30.